The Morgan fingerprint density at radius 1 is 0.933 bits per heavy atom. The fourth-order valence-corrected chi connectivity index (χ4v) is 4.03. The molecule has 0 bridgehead atoms. The summed E-state index contributed by atoms with van der Waals surface area (Å²) in [6.45, 7) is 6.38. The molecule has 1 aliphatic heterocycles. The van der Waals surface area contributed by atoms with Crippen LogP contribution in [0, 0.1) is 12.8 Å². The van der Waals surface area contributed by atoms with Crippen molar-refractivity contribution in [2.75, 3.05) is 18.0 Å². The van der Waals surface area contributed by atoms with E-state index in [4.69, 9.17) is 4.98 Å². The number of anilines is 1. The summed E-state index contributed by atoms with van der Waals surface area (Å²) in [5.74, 6) is 2.61. The Balaban J connectivity index is 1.52. The zero-order valence-corrected chi connectivity index (χ0v) is 17.4. The predicted octanol–water partition coefficient (Wildman–Crippen LogP) is 4.21. The first-order valence-electron chi connectivity index (χ1n) is 10.5. The molecule has 152 valence electrons. The van der Waals surface area contributed by atoms with Gasteiger partial charge in [-0.2, -0.15) is 5.10 Å². The minimum absolute atomic E-state index is 0.755. The number of rotatable bonds is 3. The molecule has 5 rings (SSSR count). The molecule has 0 aliphatic carbocycles. The minimum Gasteiger partial charge on any atom is -0.357 e. The Bertz CT molecular complexity index is 1180. The maximum atomic E-state index is 4.95. The summed E-state index contributed by atoms with van der Waals surface area (Å²) in [7, 11) is 0. The molecule has 4 aromatic heterocycles. The Labute approximate surface area is 175 Å². The third-order valence-corrected chi connectivity index (χ3v) is 5.75. The molecule has 0 amide bonds. The molecule has 0 N–H and O–H groups in total. The van der Waals surface area contributed by atoms with E-state index in [0.717, 1.165) is 58.6 Å². The van der Waals surface area contributed by atoms with Gasteiger partial charge in [0.2, 0.25) is 0 Å². The molecule has 0 spiro atoms. The molecule has 30 heavy (non-hydrogen) atoms. The van der Waals surface area contributed by atoms with E-state index in [2.05, 4.69) is 44.0 Å². The van der Waals surface area contributed by atoms with Crippen LogP contribution in [0.4, 0.5) is 5.82 Å². The third-order valence-electron chi connectivity index (χ3n) is 5.75. The summed E-state index contributed by atoms with van der Waals surface area (Å²) < 4.78 is 1.88. The molecule has 5 heterocycles. The largest absolute Gasteiger partial charge is 0.357 e. The lowest BCUT2D eigenvalue weighted by molar-refractivity contribution is 0.521. The first-order chi connectivity index (χ1) is 14.7. The molecular weight excluding hydrogens is 374 g/mol. The molecular formula is C23H25N7. The van der Waals surface area contributed by atoms with Crippen LogP contribution in [0.1, 0.15) is 31.9 Å². The van der Waals surface area contributed by atoms with E-state index in [1.54, 1.807) is 12.4 Å². The molecule has 4 aromatic rings. The number of aromatic nitrogens is 6. The number of hydrogen-bond acceptors (Lipinski definition) is 6. The van der Waals surface area contributed by atoms with Crippen LogP contribution in [-0.2, 0) is 0 Å². The summed E-state index contributed by atoms with van der Waals surface area (Å²) in [5.41, 5.74) is 3.35. The van der Waals surface area contributed by atoms with Crippen LogP contribution in [0.2, 0.25) is 0 Å². The van der Waals surface area contributed by atoms with Gasteiger partial charge >= 0.3 is 0 Å². The van der Waals surface area contributed by atoms with E-state index in [9.17, 15) is 0 Å². The van der Waals surface area contributed by atoms with Crippen LogP contribution < -0.4 is 4.90 Å². The summed E-state index contributed by atoms with van der Waals surface area (Å²) in [4.78, 5) is 20.7. The second kappa shape index (κ2) is 7.82. The number of aryl methyl sites for hydroxylation is 1. The van der Waals surface area contributed by atoms with E-state index in [1.807, 2.05) is 36.1 Å². The quantitative estimate of drug-likeness (QED) is 0.514. The Morgan fingerprint density at radius 2 is 1.83 bits per heavy atom. The molecule has 0 saturated carbocycles. The van der Waals surface area contributed by atoms with Crippen LogP contribution >= 0.6 is 0 Å². The van der Waals surface area contributed by atoms with Gasteiger partial charge in [0.05, 0.1) is 29.3 Å². The zero-order chi connectivity index (χ0) is 20.5. The molecule has 1 fully saturated rings. The lowest BCUT2D eigenvalue weighted by Crippen LogP contribution is -2.25. The van der Waals surface area contributed by atoms with Crippen molar-refractivity contribution in [1.82, 2.24) is 29.7 Å². The highest BCUT2D eigenvalue weighted by Crippen LogP contribution is 2.25. The van der Waals surface area contributed by atoms with Crippen LogP contribution in [0.25, 0.3) is 28.1 Å². The summed E-state index contributed by atoms with van der Waals surface area (Å²) >= 11 is 0. The molecule has 1 atom stereocenters. The Morgan fingerprint density at radius 3 is 2.73 bits per heavy atom. The van der Waals surface area contributed by atoms with Crippen molar-refractivity contribution < 1.29 is 0 Å². The van der Waals surface area contributed by atoms with E-state index in [0.29, 0.717) is 0 Å². The van der Waals surface area contributed by atoms with Gasteiger partial charge in [-0.1, -0.05) is 13.0 Å². The highest BCUT2D eigenvalue weighted by Gasteiger charge is 2.16. The van der Waals surface area contributed by atoms with Gasteiger partial charge in [-0.15, -0.1) is 0 Å². The van der Waals surface area contributed by atoms with E-state index in [-0.39, 0.29) is 0 Å². The second-order valence-electron chi connectivity index (χ2n) is 8.11. The number of nitrogens with zero attached hydrogens (tertiary/aromatic N) is 7. The van der Waals surface area contributed by atoms with Crippen molar-refractivity contribution in [3.63, 3.8) is 0 Å². The number of hydrogen-bond donors (Lipinski definition) is 0. The van der Waals surface area contributed by atoms with Gasteiger partial charge in [0.1, 0.15) is 11.5 Å². The van der Waals surface area contributed by atoms with E-state index >= 15 is 0 Å². The van der Waals surface area contributed by atoms with E-state index in [1.165, 1.54) is 19.3 Å². The van der Waals surface area contributed by atoms with Crippen LogP contribution in [0.3, 0.4) is 0 Å². The average molecular weight is 400 g/mol. The first kappa shape index (κ1) is 18.7. The van der Waals surface area contributed by atoms with Gasteiger partial charge < -0.3 is 4.90 Å². The number of pyridine rings is 2. The average Bonchev–Trinajstić information content (AvgIpc) is 3.07. The number of fused-ring (bicyclic) bond motifs is 1. The maximum Gasteiger partial charge on any atom is 0.156 e. The zero-order valence-electron chi connectivity index (χ0n) is 17.4. The smallest absolute Gasteiger partial charge is 0.156 e. The lowest BCUT2D eigenvalue weighted by Gasteiger charge is -2.22. The normalized spacial score (nSPS) is 17.3. The molecule has 1 saturated heterocycles. The highest BCUT2D eigenvalue weighted by molar-refractivity contribution is 5.82. The van der Waals surface area contributed by atoms with Crippen molar-refractivity contribution >= 4 is 16.7 Å². The summed E-state index contributed by atoms with van der Waals surface area (Å²) in [6, 6.07) is 8.17. The highest BCUT2D eigenvalue weighted by atomic mass is 15.3. The van der Waals surface area contributed by atoms with Crippen molar-refractivity contribution in [3.8, 4) is 17.2 Å². The van der Waals surface area contributed by atoms with Crippen LogP contribution in [0.15, 0.2) is 49.1 Å². The van der Waals surface area contributed by atoms with Crippen LogP contribution in [0.5, 0.6) is 0 Å². The summed E-state index contributed by atoms with van der Waals surface area (Å²) in [5, 5.41) is 5.56. The third kappa shape index (κ3) is 3.63. The fraction of sp³-hybridized carbons (Fsp3) is 0.348. The van der Waals surface area contributed by atoms with Gasteiger partial charge in [-0.25, -0.2) is 14.6 Å². The first-order valence-corrected chi connectivity index (χ1v) is 10.5. The molecule has 0 radical (unpaired) electrons. The monoisotopic (exact) mass is 399 g/mol. The van der Waals surface area contributed by atoms with Crippen LogP contribution in [-0.4, -0.2) is 42.8 Å². The SMILES string of the molecule is Cc1cncc(-c2cc3c(cn2)cnn3-c2cccc(N3CCCC(C)CC3)n2)n1. The molecule has 1 aliphatic rings. The van der Waals surface area contributed by atoms with Crippen molar-refractivity contribution in [1.29, 1.82) is 0 Å². The molecule has 7 nitrogen and oxygen atoms in total. The van der Waals surface area contributed by atoms with Gasteiger partial charge in [0.25, 0.3) is 0 Å². The Hall–Kier alpha value is -3.35. The minimum atomic E-state index is 0.755. The molecule has 0 aromatic carbocycles. The fourth-order valence-electron chi connectivity index (χ4n) is 4.03. The van der Waals surface area contributed by atoms with Gasteiger partial charge in [-0.3, -0.25) is 9.97 Å². The summed E-state index contributed by atoms with van der Waals surface area (Å²) in [6.07, 6.45) is 10.9. The molecule has 7 heteroatoms. The lowest BCUT2D eigenvalue weighted by atomic mass is 10.0. The topological polar surface area (TPSA) is 72.6 Å². The standard InChI is InChI=1S/C23H25N7/c1-16-5-4-9-29(10-8-16)22-6-3-7-23(28-22)30-21-11-19(25-13-18(21)14-26-30)20-15-24-12-17(2)27-20/h3,6-7,11-16H,4-5,8-10H2,1-2H3. The van der Waals surface area contributed by atoms with Crippen molar-refractivity contribution in [3.05, 3.63) is 54.7 Å². The van der Waals surface area contributed by atoms with Crippen molar-refractivity contribution in [2.24, 2.45) is 5.92 Å². The van der Waals surface area contributed by atoms with Gasteiger partial charge in [0.15, 0.2) is 5.82 Å². The Kier molecular flexibility index (Phi) is 4.86. The molecule has 1 unspecified atom stereocenters. The second-order valence-corrected chi connectivity index (χ2v) is 8.11. The maximum absolute atomic E-state index is 4.95. The van der Waals surface area contributed by atoms with Crippen molar-refractivity contribution in [2.45, 2.75) is 33.1 Å². The predicted molar refractivity (Wildman–Crippen MR) is 118 cm³/mol. The van der Waals surface area contributed by atoms with E-state index < -0.39 is 0 Å². The van der Waals surface area contributed by atoms with Gasteiger partial charge in [-0.05, 0) is 50.3 Å². The van der Waals surface area contributed by atoms with Gasteiger partial charge in [0, 0.05) is 30.9 Å².